The summed E-state index contributed by atoms with van der Waals surface area (Å²) in [6.45, 7) is 0.168. The molecule has 0 saturated heterocycles. The monoisotopic (exact) mass is 318 g/mol. The van der Waals surface area contributed by atoms with Crippen LogP contribution in [0.4, 0.5) is 0 Å². The van der Waals surface area contributed by atoms with E-state index in [1.54, 1.807) is 0 Å². The fourth-order valence-electron chi connectivity index (χ4n) is 1.16. The van der Waals surface area contributed by atoms with E-state index in [1.807, 2.05) is 0 Å². The van der Waals surface area contributed by atoms with Crippen molar-refractivity contribution in [1.29, 1.82) is 0 Å². The second kappa shape index (κ2) is 8.94. The van der Waals surface area contributed by atoms with Gasteiger partial charge in [-0.3, -0.25) is 0 Å². The molecule has 5 N–H and O–H groups in total. The Morgan fingerprint density at radius 3 is 2.47 bits per heavy atom. The van der Waals surface area contributed by atoms with E-state index in [-0.39, 0.29) is 38.8 Å². The zero-order valence-corrected chi connectivity index (χ0v) is 12.2. The normalized spacial score (nSPS) is 14.6. The van der Waals surface area contributed by atoms with E-state index in [4.69, 9.17) is 19.1 Å². The highest BCUT2D eigenvalue weighted by Crippen LogP contribution is 2.01. The van der Waals surface area contributed by atoms with Crippen LogP contribution in [0, 0.1) is 0 Å². The van der Waals surface area contributed by atoms with Gasteiger partial charge in [-0.2, -0.15) is 0 Å². The second-order valence-electron chi connectivity index (χ2n) is 4.07. The van der Waals surface area contributed by atoms with E-state index < -0.39 is 30.8 Å². The Morgan fingerprint density at radius 1 is 1.32 bits per heavy atom. The van der Waals surface area contributed by atoms with Crippen LogP contribution >= 0.6 is 0 Å². The summed E-state index contributed by atoms with van der Waals surface area (Å²) in [7, 11) is -8.27. The summed E-state index contributed by atoms with van der Waals surface area (Å²) in [5, 5.41) is 12.0. The van der Waals surface area contributed by atoms with Crippen molar-refractivity contribution in [2.45, 2.75) is 18.6 Å². The molecule has 19 heavy (non-hydrogen) atoms. The molecule has 0 aliphatic heterocycles. The van der Waals surface area contributed by atoms with Crippen LogP contribution in [0.3, 0.4) is 0 Å². The quantitative estimate of drug-likeness (QED) is 0.150. The molecule has 0 saturated carbocycles. The summed E-state index contributed by atoms with van der Waals surface area (Å²) in [5.74, 6) is -0.545. The zero-order chi connectivity index (χ0) is 14.9. The van der Waals surface area contributed by atoms with Gasteiger partial charge in [0.2, 0.25) is 0 Å². The largest absolute Gasteiger partial charge is 0.748 e. The summed E-state index contributed by atoms with van der Waals surface area (Å²) in [6, 6.07) is -0.136. The minimum Gasteiger partial charge on any atom is -0.748 e. The van der Waals surface area contributed by atoms with Gasteiger partial charge >= 0.3 is 8.80 Å². The van der Waals surface area contributed by atoms with Crippen molar-refractivity contribution < 1.29 is 37.2 Å². The molecular formula is C8H20NO8SSi-. The van der Waals surface area contributed by atoms with Crippen LogP contribution in [0.1, 0.15) is 6.42 Å². The maximum Gasteiger partial charge on any atom is 0.492 e. The van der Waals surface area contributed by atoms with Crippen molar-refractivity contribution in [2.75, 3.05) is 32.1 Å². The van der Waals surface area contributed by atoms with Gasteiger partial charge in [-0.1, -0.05) is 0 Å². The van der Waals surface area contributed by atoms with Gasteiger partial charge in [-0.15, -0.1) is 0 Å². The van der Waals surface area contributed by atoms with Gasteiger partial charge in [0.25, 0.3) is 0 Å². The van der Waals surface area contributed by atoms with E-state index >= 15 is 0 Å². The first kappa shape index (κ1) is 18.9. The summed E-state index contributed by atoms with van der Waals surface area (Å²) in [5.41, 5.74) is 0. The molecule has 0 radical (unpaired) electrons. The molecule has 0 bridgehead atoms. The lowest BCUT2D eigenvalue weighted by Gasteiger charge is -2.14. The molecule has 1 atom stereocenters. The predicted octanol–water partition coefficient (Wildman–Crippen LogP) is -3.20. The zero-order valence-electron chi connectivity index (χ0n) is 10.4. The van der Waals surface area contributed by atoms with Crippen molar-refractivity contribution in [1.82, 2.24) is 5.32 Å². The first-order chi connectivity index (χ1) is 8.60. The number of aliphatic hydroxyl groups is 1. The second-order valence-corrected chi connectivity index (χ2v) is 7.64. The average molecular weight is 318 g/mol. The smallest absolute Gasteiger partial charge is 0.492 e. The van der Waals surface area contributed by atoms with E-state index in [2.05, 4.69) is 5.32 Å². The summed E-state index contributed by atoms with van der Waals surface area (Å²) in [6.07, 6.45) is -0.613. The van der Waals surface area contributed by atoms with Crippen molar-refractivity contribution in [2.24, 2.45) is 0 Å². The number of hydrogen-bond donors (Lipinski definition) is 5. The maximum atomic E-state index is 10.3. The number of rotatable bonds is 11. The highest BCUT2D eigenvalue weighted by Gasteiger charge is 2.25. The molecule has 1 unspecified atom stereocenters. The van der Waals surface area contributed by atoms with Crippen LogP contribution in [0.25, 0.3) is 0 Å². The highest BCUT2D eigenvalue weighted by molar-refractivity contribution is 7.85. The highest BCUT2D eigenvalue weighted by atomic mass is 32.2. The van der Waals surface area contributed by atoms with Gasteiger partial charge in [0.1, 0.15) is 0 Å². The van der Waals surface area contributed by atoms with Crippen LogP contribution in [-0.4, -0.2) is 79.4 Å². The molecule has 0 aliphatic rings. The molecule has 0 aromatic rings. The molecule has 11 heteroatoms. The van der Waals surface area contributed by atoms with Gasteiger partial charge in [-0.05, 0) is 6.42 Å². The SMILES string of the molecule is O=S(=O)([O-])CCNCC(O)COCCC[Si](O)(O)O. The number of nitrogens with one attached hydrogen (secondary N) is 1. The Bertz CT molecular complexity index is 330. The van der Waals surface area contributed by atoms with Gasteiger partial charge in [0, 0.05) is 25.7 Å². The van der Waals surface area contributed by atoms with Crippen LogP contribution in [0.15, 0.2) is 0 Å². The molecule has 0 aliphatic carbocycles. The number of ether oxygens (including phenoxy) is 1. The van der Waals surface area contributed by atoms with Gasteiger partial charge in [0.15, 0.2) is 0 Å². The Morgan fingerprint density at radius 2 is 1.95 bits per heavy atom. The van der Waals surface area contributed by atoms with Crippen LogP contribution < -0.4 is 5.32 Å². The molecular weight excluding hydrogens is 298 g/mol. The summed E-state index contributed by atoms with van der Waals surface area (Å²) in [4.78, 5) is 26.1. The fraction of sp³-hybridized carbons (Fsp3) is 1.00. The lowest BCUT2D eigenvalue weighted by atomic mass is 10.4. The summed E-state index contributed by atoms with van der Waals surface area (Å²) < 4.78 is 35.8. The fourth-order valence-corrected chi connectivity index (χ4v) is 2.17. The lowest BCUT2D eigenvalue weighted by Crippen LogP contribution is -2.35. The van der Waals surface area contributed by atoms with E-state index in [0.717, 1.165) is 0 Å². The minimum atomic E-state index is -4.25. The van der Waals surface area contributed by atoms with Crippen molar-refractivity contribution in [3.05, 3.63) is 0 Å². The molecule has 9 nitrogen and oxygen atoms in total. The first-order valence-electron chi connectivity index (χ1n) is 5.67. The van der Waals surface area contributed by atoms with E-state index in [0.29, 0.717) is 0 Å². The molecule has 0 rings (SSSR count). The van der Waals surface area contributed by atoms with Crippen LogP contribution in [-0.2, 0) is 14.9 Å². The molecule has 0 fully saturated rings. The van der Waals surface area contributed by atoms with Gasteiger partial charge < -0.3 is 34.1 Å². The van der Waals surface area contributed by atoms with Gasteiger partial charge in [0.05, 0.1) is 28.6 Å². The predicted molar refractivity (Wildman–Crippen MR) is 66.1 cm³/mol. The third kappa shape index (κ3) is 15.8. The Hall–Kier alpha value is -0.113. The summed E-state index contributed by atoms with van der Waals surface area (Å²) >= 11 is 0. The molecule has 0 aromatic heterocycles. The molecule has 116 valence electrons. The molecule has 0 amide bonds. The number of hydrogen-bond acceptors (Lipinski definition) is 9. The third-order valence-corrected chi connectivity index (χ3v) is 3.75. The standard InChI is InChI=1S/C8H21NO8SSi/c10-8(6-9-2-4-18(11,12)13)7-17-3-1-5-19(14,15)16/h8-10,14-16H,1-7H2,(H,11,12,13)/p-1. The van der Waals surface area contributed by atoms with E-state index in [1.165, 1.54) is 0 Å². The van der Waals surface area contributed by atoms with E-state index in [9.17, 15) is 18.1 Å². The Kier molecular flexibility index (Phi) is 8.89. The molecule has 0 aromatic carbocycles. The lowest BCUT2D eigenvalue weighted by molar-refractivity contribution is 0.0365. The molecule has 0 spiro atoms. The van der Waals surface area contributed by atoms with Crippen LogP contribution in [0.2, 0.25) is 6.04 Å². The topological polar surface area (TPSA) is 159 Å². The number of aliphatic hydroxyl groups excluding tert-OH is 1. The van der Waals surface area contributed by atoms with Crippen molar-refractivity contribution in [3.8, 4) is 0 Å². The first-order valence-corrected chi connectivity index (χ1v) is 9.30. The van der Waals surface area contributed by atoms with Gasteiger partial charge in [-0.25, -0.2) is 8.42 Å². The average Bonchev–Trinajstić information content (AvgIpc) is 2.21. The Labute approximate surface area is 113 Å². The van der Waals surface area contributed by atoms with Crippen molar-refractivity contribution >= 4 is 18.9 Å². The minimum absolute atomic E-state index is 0.0199. The van der Waals surface area contributed by atoms with Crippen molar-refractivity contribution in [3.63, 3.8) is 0 Å². The Balaban J connectivity index is 3.42. The third-order valence-electron chi connectivity index (χ3n) is 2.02. The molecule has 0 heterocycles. The maximum absolute atomic E-state index is 10.3. The van der Waals surface area contributed by atoms with Crippen LogP contribution in [0.5, 0.6) is 0 Å².